The molecule has 0 bridgehead atoms. The zero-order valence-electron chi connectivity index (χ0n) is 10.3. The van der Waals surface area contributed by atoms with Crippen LogP contribution in [0.2, 0.25) is 0 Å². The van der Waals surface area contributed by atoms with Crippen LogP contribution in [-0.4, -0.2) is 31.5 Å². The molecule has 0 N–H and O–H groups in total. The average Bonchev–Trinajstić information content (AvgIpc) is 3.05. The van der Waals surface area contributed by atoms with E-state index in [1.807, 2.05) is 0 Å². The Bertz CT molecular complexity index is 634. The lowest BCUT2D eigenvalue weighted by molar-refractivity contribution is -0.137. The van der Waals surface area contributed by atoms with Crippen LogP contribution >= 0.6 is 15.9 Å². The van der Waals surface area contributed by atoms with Crippen LogP contribution in [0.4, 0.5) is 22.0 Å². The van der Waals surface area contributed by atoms with Crippen molar-refractivity contribution in [1.82, 2.24) is 4.31 Å². The number of hydrogen-bond donors (Lipinski definition) is 0. The predicted molar refractivity (Wildman–Crippen MR) is 67.0 cm³/mol. The molecule has 3 nitrogen and oxygen atoms in total. The molecule has 2 rings (SSSR count). The van der Waals surface area contributed by atoms with Crippen molar-refractivity contribution in [2.45, 2.75) is 30.0 Å². The predicted octanol–water partition coefficient (Wildman–Crippen LogP) is 3.44. The molecule has 0 saturated heterocycles. The quantitative estimate of drug-likeness (QED) is 0.734. The van der Waals surface area contributed by atoms with Crippen molar-refractivity contribution in [1.29, 1.82) is 0 Å². The summed E-state index contributed by atoms with van der Waals surface area (Å²) in [7, 11) is -4.72. The van der Waals surface area contributed by atoms with Gasteiger partial charge in [0.05, 0.1) is 0 Å². The van der Waals surface area contributed by atoms with Crippen LogP contribution in [0.15, 0.2) is 21.5 Å². The molecular weight excluding hydrogens is 385 g/mol. The molecule has 1 fully saturated rings. The summed E-state index contributed by atoms with van der Waals surface area (Å²) in [5.74, 6) is -2.47. The highest BCUT2D eigenvalue weighted by molar-refractivity contribution is 9.10. The van der Waals surface area contributed by atoms with Crippen molar-refractivity contribution in [3.05, 3.63) is 28.2 Å². The molecule has 21 heavy (non-hydrogen) atoms. The molecular formula is C11H9BrF5NO2S. The lowest BCUT2D eigenvalue weighted by atomic mass is 10.3. The van der Waals surface area contributed by atoms with Gasteiger partial charge in [0.25, 0.3) is 0 Å². The summed E-state index contributed by atoms with van der Waals surface area (Å²) in [6, 6.07) is 0.193. The van der Waals surface area contributed by atoms with Crippen molar-refractivity contribution in [2.24, 2.45) is 0 Å². The first kappa shape index (κ1) is 16.6. The highest BCUT2D eigenvalue weighted by atomic mass is 79.9. The number of benzene rings is 1. The summed E-state index contributed by atoms with van der Waals surface area (Å²) in [6.45, 7) is -1.71. The van der Waals surface area contributed by atoms with Crippen molar-refractivity contribution in [3.63, 3.8) is 0 Å². The third-order valence-electron chi connectivity index (χ3n) is 2.82. The molecule has 1 aliphatic carbocycles. The van der Waals surface area contributed by atoms with Gasteiger partial charge in [-0.2, -0.15) is 17.5 Å². The van der Waals surface area contributed by atoms with Crippen LogP contribution in [0.5, 0.6) is 0 Å². The first-order chi connectivity index (χ1) is 9.52. The SMILES string of the molecule is O=S(=O)(c1c(F)cc(F)cc1Br)N(CC(F)(F)F)C1CC1. The van der Waals surface area contributed by atoms with Crippen molar-refractivity contribution in [3.8, 4) is 0 Å². The highest BCUT2D eigenvalue weighted by Gasteiger charge is 2.46. The molecule has 0 radical (unpaired) electrons. The van der Waals surface area contributed by atoms with Crippen molar-refractivity contribution < 1.29 is 30.4 Å². The smallest absolute Gasteiger partial charge is 0.207 e. The van der Waals surface area contributed by atoms with E-state index in [9.17, 15) is 30.4 Å². The van der Waals surface area contributed by atoms with Crippen LogP contribution in [0.25, 0.3) is 0 Å². The van der Waals surface area contributed by atoms with E-state index >= 15 is 0 Å². The van der Waals surface area contributed by atoms with Gasteiger partial charge >= 0.3 is 6.18 Å². The molecule has 0 aromatic heterocycles. The molecule has 1 aromatic rings. The Balaban J connectivity index is 2.49. The van der Waals surface area contributed by atoms with E-state index in [0.29, 0.717) is 12.1 Å². The molecule has 0 heterocycles. The van der Waals surface area contributed by atoms with Gasteiger partial charge in [-0.05, 0) is 34.8 Å². The lowest BCUT2D eigenvalue weighted by Crippen LogP contribution is -2.40. The molecule has 0 atom stereocenters. The second-order valence-corrected chi connectivity index (χ2v) is 7.28. The first-order valence-corrected chi connectivity index (χ1v) is 7.99. The summed E-state index contributed by atoms with van der Waals surface area (Å²) in [4.78, 5) is -0.986. The third-order valence-corrected chi connectivity index (χ3v) is 5.68. The number of sulfonamides is 1. The second-order valence-electron chi connectivity index (χ2n) is 4.60. The van der Waals surface area contributed by atoms with Gasteiger partial charge in [0.15, 0.2) is 0 Å². The monoisotopic (exact) mass is 393 g/mol. The van der Waals surface area contributed by atoms with E-state index in [4.69, 9.17) is 0 Å². The van der Waals surface area contributed by atoms with E-state index in [1.165, 1.54) is 0 Å². The minimum absolute atomic E-state index is 0.216. The summed E-state index contributed by atoms with van der Waals surface area (Å²) in [5.41, 5.74) is 0. The fourth-order valence-electron chi connectivity index (χ4n) is 1.84. The molecule has 0 unspecified atom stereocenters. The number of nitrogens with zero attached hydrogens (tertiary/aromatic N) is 1. The molecule has 0 aliphatic heterocycles. The Morgan fingerprint density at radius 2 is 1.81 bits per heavy atom. The van der Waals surface area contributed by atoms with Gasteiger partial charge in [0.2, 0.25) is 10.0 Å². The third kappa shape index (κ3) is 3.72. The molecule has 1 saturated carbocycles. The van der Waals surface area contributed by atoms with Crippen molar-refractivity contribution in [2.75, 3.05) is 6.54 Å². The van der Waals surface area contributed by atoms with Crippen LogP contribution in [0.1, 0.15) is 12.8 Å². The number of halogens is 6. The van der Waals surface area contributed by atoms with Gasteiger partial charge in [-0.15, -0.1) is 0 Å². The number of hydrogen-bond acceptors (Lipinski definition) is 2. The Hall–Kier alpha value is -0.740. The Labute approximate surface area is 125 Å². The van der Waals surface area contributed by atoms with Crippen LogP contribution in [0.3, 0.4) is 0 Å². The minimum atomic E-state index is -4.75. The molecule has 118 valence electrons. The fourth-order valence-corrected chi connectivity index (χ4v) is 4.63. The van der Waals surface area contributed by atoms with Gasteiger partial charge in [0.1, 0.15) is 23.1 Å². The topological polar surface area (TPSA) is 37.4 Å². The van der Waals surface area contributed by atoms with Crippen LogP contribution in [-0.2, 0) is 10.0 Å². The Morgan fingerprint density at radius 1 is 1.24 bits per heavy atom. The minimum Gasteiger partial charge on any atom is -0.207 e. The van der Waals surface area contributed by atoms with E-state index in [2.05, 4.69) is 15.9 Å². The van der Waals surface area contributed by atoms with Gasteiger partial charge in [0, 0.05) is 16.6 Å². The van der Waals surface area contributed by atoms with Gasteiger partial charge in [-0.3, -0.25) is 0 Å². The lowest BCUT2D eigenvalue weighted by Gasteiger charge is -2.23. The maximum Gasteiger partial charge on any atom is 0.402 e. The summed E-state index contributed by atoms with van der Waals surface area (Å²) >= 11 is 2.68. The molecule has 0 spiro atoms. The molecule has 0 amide bonds. The Morgan fingerprint density at radius 3 is 2.24 bits per heavy atom. The van der Waals surface area contributed by atoms with Gasteiger partial charge < -0.3 is 0 Å². The zero-order valence-corrected chi connectivity index (χ0v) is 12.7. The fraction of sp³-hybridized carbons (Fsp3) is 0.455. The van der Waals surface area contributed by atoms with Crippen molar-refractivity contribution >= 4 is 26.0 Å². The molecule has 1 aromatic carbocycles. The summed E-state index contributed by atoms with van der Waals surface area (Å²) < 4.78 is 88.6. The average molecular weight is 394 g/mol. The van der Waals surface area contributed by atoms with Gasteiger partial charge in [-0.25, -0.2) is 17.2 Å². The largest absolute Gasteiger partial charge is 0.402 e. The highest BCUT2D eigenvalue weighted by Crippen LogP contribution is 2.37. The van der Waals surface area contributed by atoms with Crippen LogP contribution in [0, 0.1) is 11.6 Å². The summed E-state index contributed by atoms with van der Waals surface area (Å²) in [5, 5.41) is 0. The molecule has 1 aliphatic rings. The van der Waals surface area contributed by atoms with Gasteiger partial charge in [-0.1, -0.05) is 0 Å². The van der Waals surface area contributed by atoms with E-state index < -0.39 is 49.8 Å². The maximum atomic E-state index is 13.7. The second kappa shape index (κ2) is 5.47. The number of alkyl halides is 3. The standard InChI is InChI=1S/C11H9BrF5NO2S/c12-8-3-6(13)4-9(14)10(8)21(19,20)18(7-1-2-7)5-11(15,16)17/h3-4,7H,1-2,5H2. The van der Waals surface area contributed by atoms with E-state index in [-0.39, 0.29) is 17.1 Å². The van der Waals surface area contributed by atoms with E-state index in [0.717, 1.165) is 0 Å². The van der Waals surface area contributed by atoms with E-state index in [1.54, 1.807) is 0 Å². The number of rotatable bonds is 4. The Kier molecular flexibility index (Phi) is 4.33. The zero-order chi connectivity index (χ0) is 16.0. The molecule has 10 heteroatoms. The summed E-state index contributed by atoms with van der Waals surface area (Å²) in [6.07, 6.45) is -4.20. The maximum absolute atomic E-state index is 13.7. The first-order valence-electron chi connectivity index (χ1n) is 5.75. The normalized spacial score (nSPS) is 16.5. The van der Waals surface area contributed by atoms with Crippen LogP contribution < -0.4 is 0 Å².